The molecule has 0 heterocycles. The van der Waals surface area contributed by atoms with Gasteiger partial charge in [0.1, 0.15) is 5.60 Å². The SMILES string of the molecule is CCCCCCCCC(CCCCCCCC)COC(=O)CC12CC(NC(=O)OC(C)(C)C)(C1)C2. The lowest BCUT2D eigenvalue weighted by Crippen LogP contribution is -2.75. The van der Waals surface area contributed by atoms with Gasteiger partial charge in [-0.3, -0.25) is 4.79 Å². The number of alkyl carbamates (subject to hydrolysis) is 1. The maximum Gasteiger partial charge on any atom is 0.408 e. The Balaban J connectivity index is 1.66. The number of carbonyl (C=O) groups excluding carboxylic acids is 2. The predicted molar refractivity (Wildman–Crippen MR) is 143 cm³/mol. The van der Waals surface area contributed by atoms with Gasteiger partial charge in [0, 0.05) is 5.54 Å². The molecule has 1 amide bonds. The lowest BCUT2D eigenvalue weighted by atomic mass is 9.38. The first-order valence-electron chi connectivity index (χ1n) is 14.8. The van der Waals surface area contributed by atoms with Crippen LogP contribution >= 0.6 is 0 Å². The summed E-state index contributed by atoms with van der Waals surface area (Å²) >= 11 is 0. The Kier molecular flexibility index (Phi) is 12.4. The number of carbonyl (C=O) groups is 2. The van der Waals surface area contributed by atoms with Gasteiger partial charge in [-0.2, -0.15) is 0 Å². The first-order chi connectivity index (χ1) is 16.6. The van der Waals surface area contributed by atoms with Crippen molar-refractivity contribution in [3.8, 4) is 0 Å². The summed E-state index contributed by atoms with van der Waals surface area (Å²) < 4.78 is 11.2. The molecule has 3 rings (SSSR count). The molecule has 35 heavy (non-hydrogen) atoms. The Morgan fingerprint density at radius 3 is 1.77 bits per heavy atom. The van der Waals surface area contributed by atoms with Crippen LogP contribution in [0.15, 0.2) is 0 Å². The molecule has 204 valence electrons. The lowest BCUT2D eigenvalue weighted by molar-refractivity contribution is -0.179. The molecule has 0 unspecified atom stereocenters. The molecule has 2 bridgehead atoms. The highest BCUT2D eigenvalue weighted by molar-refractivity contribution is 5.73. The molecule has 0 radical (unpaired) electrons. The second-order valence-corrected chi connectivity index (χ2v) is 12.8. The highest BCUT2D eigenvalue weighted by Crippen LogP contribution is 2.69. The standard InChI is InChI=1S/C30H55NO4/c1-6-8-10-12-14-16-18-25(19-17-15-13-11-9-7-2)21-34-26(32)20-29-22-30(23-29,24-29)31-27(33)35-28(3,4)5/h25H,6-24H2,1-5H3,(H,31,33). The summed E-state index contributed by atoms with van der Waals surface area (Å²) in [5.74, 6) is 0.455. The zero-order valence-electron chi connectivity index (χ0n) is 23.6. The normalized spacial score (nSPS) is 22.9. The Morgan fingerprint density at radius 2 is 1.29 bits per heavy atom. The van der Waals surface area contributed by atoms with E-state index in [1.807, 2.05) is 20.8 Å². The van der Waals surface area contributed by atoms with Gasteiger partial charge in [0.05, 0.1) is 13.0 Å². The minimum atomic E-state index is -0.489. The monoisotopic (exact) mass is 493 g/mol. The second-order valence-electron chi connectivity index (χ2n) is 12.8. The van der Waals surface area contributed by atoms with Crippen molar-refractivity contribution in [1.29, 1.82) is 0 Å². The number of esters is 1. The molecule has 5 nitrogen and oxygen atoms in total. The number of unbranched alkanes of at least 4 members (excludes halogenated alkanes) is 10. The lowest BCUT2D eigenvalue weighted by Gasteiger charge is -2.70. The van der Waals surface area contributed by atoms with E-state index in [2.05, 4.69) is 19.2 Å². The Bertz CT molecular complexity index is 603. The minimum absolute atomic E-state index is 0.0418. The summed E-state index contributed by atoms with van der Waals surface area (Å²) in [7, 11) is 0. The van der Waals surface area contributed by atoms with Gasteiger partial charge in [-0.15, -0.1) is 0 Å². The molecule has 0 aromatic carbocycles. The highest BCUT2D eigenvalue weighted by Gasteiger charge is 2.69. The highest BCUT2D eigenvalue weighted by atomic mass is 16.6. The summed E-state index contributed by atoms with van der Waals surface area (Å²) in [5.41, 5.74) is -0.600. The summed E-state index contributed by atoms with van der Waals surface area (Å²) in [5, 5.41) is 3.03. The van der Waals surface area contributed by atoms with Crippen LogP contribution < -0.4 is 5.32 Å². The third-order valence-corrected chi connectivity index (χ3v) is 7.84. The molecule has 0 aromatic heterocycles. The number of ether oxygens (including phenoxy) is 2. The van der Waals surface area contributed by atoms with Crippen molar-refractivity contribution in [2.75, 3.05) is 6.61 Å². The van der Waals surface area contributed by atoms with Crippen molar-refractivity contribution < 1.29 is 19.1 Å². The van der Waals surface area contributed by atoms with Gasteiger partial charge in [-0.05, 0) is 64.2 Å². The van der Waals surface area contributed by atoms with Crippen LogP contribution in [0.4, 0.5) is 4.79 Å². The van der Waals surface area contributed by atoms with Crippen LogP contribution in [0.2, 0.25) is 0 Å². The minimum Gasteiger partial charge on any atom is -0.465 e. The molecule has 0 spiro atoms. The summed E-state index contributed by atoms with van der Waals surface area (Å²) in [6, 6.07) is 0. The average molecular weight is 494 g/mol. The van der Waals surface area contributed by atoms with Crippen molar-refractivity contribution >= 4 is 12.1 Å². The van der Waals surface area contributed by atoms with Crippen LogP contribution in [0.5, 0.6) is 0 Å². The number of rotatable bonds is 19. The molecule has 3 saturated carbocycles. The fourth-order valence-corrected chi connectivity index (χ4v) is 6.14. The van der Waals surface area contributed by atoms with Gasteiger partial charge < -0.3 is 14.8 Å². The van der Waals surface area contributed by atoms with Gasteiger partial charge in [0.25, 0.3) is 0 Å². The largest absolute Gasteiger partial charge is 0.465 e. The second kappa shape index (κ2) is 14.5. The molecule has 0 aromatic rings. The van der Waals surface area contributed by atoms with Crippen molar-refractivity contribution in [3.05, 3.63) is 0 Å². The maximum atomic E-state index is 12.7. The Hall–Kier alpha value is -1.26. The maximum absolute atomic E-state index is 12.7. The van der Waals surface area contributed by atoms with E-state index in [1.165, 1.54) is 89.9 Å². The average Bonchev–Trinajstić information content (AvgIpc) is 2.72. The van der Waals surface area contributed by atoms with E-state index in [9.17, 15) is 9.59 Å². The van der Waals surface area contributed by atoms with Gasteiger partial charge in [0.2, 0.25) is 0 Å². The van der Waals surface area contributed by atoms with Crippen molar-refractivity contribution in [3.63, 3.8) is 0 Å². The van der Waals surface area contributed by atoms with Crippen LogP contribution in [0, 0.1) is 11.3 Å². The van der Waals surface area contributed by atoms with Gasteiger partial charge in [0.15, 0.2) is 0 Å². The molecule has 3 aliphatic rings. The number of nitrogens with one attached hydrogen (secondary N) is 1. The quantitative estimate of drug-likeness (QED) is 0.145. The van der Waals surface area contributed by atoms with Gasteiger partial charge >= 0.3 is 12.1 Å². The van der Waals surface area contributed by atoms with Crippen LogP contribution in [-0.2, 0) is 14.3 Å². The van der Waals surface area contributed by atoms with Crippen molar-refractivity contribution in [1.82, 2.24) is 5.32 Å². The Labute approximate surface area is 215 Å². The third-order valence-electron chi connectivity index (χ3n) is 7.84. The van der Waals surface area contributed by atoms with Gasteiger partial charge in [-0.25, -0.2) is 4.79 Å². The molecule has 5 heteroatoms. The van der Waals surface area contributed by atoms with E-state index in [1.54, 1.807) is 0 Å². The molecular formula is C30H55NO4. The number of hydrogen-bond acceptors (Lipinski definition) is 4. The van der Waals surface area contributed by atoms with E-state index >= 15 is 0 Å². The smallest absolute Gasteiger partial charge is 0.408 e. The third kappa shape index (κ3) is 11.1. The van der Waals surface area contributed by atoms with Crippen molar-refractivity contribution in [2.24, 2.45) is 11.3 Å². The first kappa shape index (κ1) is 30.0. The fraction of sp³-hybridized carbons (Fsp3) is 0.933. The zero-order valence-corrected chi connectivity index (χ0v) is 23.6. The number of amides is 1. The predicted octanol–water partition coefficient (Wildman–Crippen LogP) is 8.48. The van der Waals surface area contributed by atoms with Crippen LogP contribution in [0.1, 0.15) is 150 Å². The molecule has 0 saturated heterocycles. The van der Waals surface area contributed by atoms with Crippen LogP contribution in [0.3, 0.4) is 0 Å². The number of hydrogen-bond donors (Lipinski definition) is 1. The van der Waals surface area contributed by atoms with E-state index in [-0.39, 0.29) is 23.0 Å². The molecule has 1 N–H and O–H groups in total. The van der Waals surface area contributed by atoms with E-state index in [4.69, 9.17) is 9.47 Å². The molecular weight excluding hydrogens is 438 g/mol. The molecule has 3 aliphatic carbocycles. The van der Waals surface area contributed by atoms with Crippen LogP contribution in [0.25, 0.3) is 0 Å². The van der Waals surface area contributed by atoms with E-state index in [0.717, 1.165) is 19.3 Å². The summed E-state index contributed by atoms with van der Waals surface area (Å²) in [6.07, 6.45) is 20.8. The van der Waals surface area contributed by atoms with Gasteiger partial charge in [-0.1, -0.05) is 90.9 Å². The van der Waals surface area contributed by atoms with Crippen LogP contribution in [-0.4, -0.2) is 29.8 Å². The first-order valence-corrected chi connectivity index (χ1v) is 14.8. The summed E-state index contributed by atoms with van der Waals surface area (Å²) in [6.45, 7) is 10.7. The molecule has 0 aliphatic heterocycles. The molecule has 3 fully saturated rings. The van der Waals surface area contributed by atoms with E-state index in [0.29, 0.717) is 18.9 Å². The summed E-state index contributed by atoms with van der Waals surface area (Å²) in [4.78, 5) is 24.7. The van der Waals surface area contributed by atoms with Crippen molar-refractivity contribution in [2.45, 2.75) is 161 Å². The zero-order chi connectivity index (χ0) is 25.8. The topological polar surface area (TPSA) is 64.6 Å². The Morgan fingerprint density at radius 1 is 0.800 bits per heavy atom. The van der Waals surface area contributed by atoms with E-state index < -0.39 is 5.60 Å². The fourth-order valence-electron chi connectivity index (χ4n) is 6.14. The molecule has 0 atom stereocenters.